The predicted molar refractivity (Wildman–Crippen MR) is 87.1 cm³/mol. The third-order valence-electron chi connectivity index (χ3n) is 3.26. The van der Waals surface area contributed by atoms with Crippen LogP contribution in [0.3, 0.4) is 0 Å². The van der Waals surface area contributed by atoms with Crippen molar-refractivity contribution < 1.29 is 9.53 Å². The molecular formula is C17H19ClN2O2. The van der Waals surface area contributed by atoms with Gasteiger partial charge in [-0.15, -0.1) is 0 Å². The minimum atomic E-state index is -0.563. The van der Waals surface area contributed by atoms with Crippen molar-refractivity contribution in [3.05, 3.63) is 59.4 Å². The summed E-state index contributed by atoms with van der Waals surface area (Å²) in [5.74, 6) is 0.516. The summed E-state index contributed by atoms with van der Waals surface area (Å²) in [6, 6.07) is 12.8. The van der Waals surface area contributed by atoms with Crippen molar-refractivity contribution in [1.82, 2.24) is 9.88 Å². The number of rotatable bonds is 6. The Labute approximate surface area is 135 Å². The number of likely N-dealkylation sites (N-methyl/N-ethyl adjacent to an activating group) is 1. The smallest absolute Gasteiger partial charge is 0.263 e. The number of hydrogen-bond acceptors (Lipinski definition) is 3. The summed E-state index contributed by atoms with van der Waals surface area (Å²) in [6.45, 7) is 2.33. The van der Waals surface area contributed by atoms with Crippen LogP contribution in [0.15, 0.2) is 48.7 Å². The van der Waals surface area contributed by atoms with Gasteiger partial charge in [-0.2, -0.15) is 0 Å². The van der Waals surface area contributed by atoms with Gasteiger partial charge in [0.15, 0.2) is 6.10 Å². The van der Waals surface area contributed by atoms with Gasteiger partial charge in [-0.1, -0.05) is 23.7 Å². The predicted octanol–water partition coefficient (Wildman–Crippen LogP) is 3.20. The van der Waals surface area contributed by atoms with Crippen molar-refractivity contribution in [3.8, 4) is 5.75 Å². The molecule has 2 aromatic rings. The van der Waals surface area contributed by atoms with Crippen LogP contribution in [0.2, 0.25) is 5.02 Å². The number of aromatic nitrogens is 1. The summed E-state index contributed by atoms with van der Waals surface area (Å²) < 4.78 is 5.64. The number of amides is 1. The number of carbonyl (C=O) groups is 1. The molecular weight excluding hydrogens is 300 g/mol. The van der Waals surface area contributed by atoms with E-state index in [1.54, 1.807) is 49.3 Å². The third kappa shape index (κ3) is 4.74. The van der Waals surface area contributed by atoms with Crippen molar-refractivity contribution in [1.29, 1.82) is 0 Å². The zero-order valence-corrected chi connectivity index (χ0v) is 13.5. The van der Waals surface area contributed by atoms with Gasteiger partial charge in [0.2, 0.25) is 0 Å². The molecule has 1 unspecified atom stereocenters. The first kappa shape index (κ1) is 16.3. The van der Waals surface area contributed by atoms with Gasteiger partial charge >= 0.3 is 0 Å². The van der Waals surface area contributed by atoms with Crippen LogP contribution in [0, 0.1) is 0 Å². The van der Waals surface area contributed by atoms with Crippen molar-refractivity contribution in [3.63, 3.8) is 0 Å². The minimum Gasteiger partial charge on any atom is -0.481 e. The van der Waals surface area contributed by atoms with Crippen LogP contribution >= 0.6 is 11.6 Å². The van der Waals surface area contributed by atoms with Crippen LogP contribution in [0.4, 0.5) is 0 Å². The van der Waals surface area contributed by atoms with Crippen LogP contribution in [-0.2, 0) is 11.2 Å². The molecule has 0 radical (unpaired) electrons. The van der Waals surface area contributed by atoms with Crippen molar-refractivity contribution in [2.24, 2.45) is 0 Å². The van der Waals surface area contributed by atoms with E-state index in [2.05, 4.69) is 4.98 Å². The summed E-state index contributed by atoms with van der Waals surface area (Å²) in [5.41, 5.74) is 0.963. The van der Waals surface area contributed by atoms with E-state index in [1.165, 1.54) is 0 Å². The molecule has 0 N–H and O–H groups in total. The van der Waals surface area contributed by atoms with Gasteiger partial charge in [0.25, 0.3) is 5.91 Å². The van der Waals surface area contributed by atoms with Gasteiger partial charge in [-0.3, -0.25) is 9.78 Å². The lowest BCUT2D eigenvalue weighted by Gasteiger charge is -2.22. The Bertz CT molecular complexity index is 619. The second-order valence-corrected chi connectivity index (χ2v) is 5.48. The average molecular weight is 319 g/mol. The van der Waals surface area contributed by atoms with E-state index in [0.717, 1.165) is 5.69 Å². The highest BCUT2D eigenvalue weighted by molar-refractivity contribution is 6.30. The summed E-state index contributed by atoms with van der Waals surface area (Å²) in [7, 11) is 1.77. The van der Waals surface area contributed by atoms with Gasteiger partial charge in [0.1, 0.15) is 5.75 Å². The maximum Gasteiger partial charge on any atom is 0.263 e. The minimum absolute atomic E-state index is 0.0732. The highest BCUT2D eigenvalue weighted by atomic mass is 35.5. The molecule has 22 heavy (non-hydrogen) atoms. The Morgan fingerprint density at radius 3 is 2.82 bits per heavy atom. The Morgan fingerprint density at radius 1 is 1.32 bits per heavy atom. The van der Waals surface area contributed by atoms with Crippen LogP contribution in [0.5, 0.6) is 5.75 Å². The monoisotopic (exact) mass is 318 g/mol. The molecule has 0 aliphatic heterocycles. The fourth-order valence-electron chi connectivity index (χ4n) is 2.04. The van der Waals surface area contributed by atoms with Crippen LogP contribution in [0.25, 0.3) is 0 Å². The molecule has 0 spiro atoms. The van der Waals surface area contributed by atoms with Crippen molar-refractivity contribution in [2.75, 3.05) is 13.6 Å². The SMILES string of the molecule is CC(Oc1cccc(Cl)c1)C(=O)N(C)CCc1ccccn1. The Kier molecular flexibility index (Phi) is 5.78. The molecule has 1 heterocycles. The number of halogens is 1. The molecule has 1 atom stereocenters. The third-order valence-corrected chi connectivity index (χ3v) is 3.50. The molecule has 0 saturated carbocycles. The van der Waals surface area contributed by atoms with E-state index in [1.807, 2.05) is 18.2 Å². The molecule has 0 saturated heterocycles. The summed E-state index contributed by atoms with van der Waals surface area (Å²) in [4.78, 5) is 18.2. The fourth-order valence-corrected chi connectivity index (χ4v) is 2.22. The number of ether oxygens (including phenoxy) is 1. The lowest BCUT2D eigenvalue weighted by molar-refractivity contribution is -0.136. The first-order chi connectivity index (χ1) is 10.6. The maximum atomic E-state index is 12.3. The molecule has 0 fully saturated rings. The topological polar surface area (TPSA) is 42.4 Å². The van der Waals surface area contributed by atoms with Gasteiger partial charge in [-0.25, -0.2) is 0 Å². The van der Waals surface area contributed by atoms with Gasteiger partial charge in [-0.05, 0) is 37.3 Å². The van der Waals surface area contributed by atoms with Crippen LogP contribution in [0.1, 0.15) is 12.6 Å². The quantitative estimate of drug-likeness (QED) is 0.821. The molecule has 1 amide bonds. The number of carbonyl (C=O) groups excluding carboxylic acids is 1. The van der Waals surface area contributed by atoms with Crippen LogP contribution in [-0.4, -0.2) is 35.5 Å². The summed E-state index contributed by atoms with van der Waals surface area (Å²) >= 11 is 5.91. The molecule has 1 aromatic heterocycles. The lowest BCUT2D eigenvalue weighted by Crippen LogP contribution is -2.39. The van der Waals surface area contributed by atoms with Crippen molar-refractivity contribution >= 4 is 17.5 Å². The zero-order chi connectivity index (χ0) is 15.9. The first-order valence-electron chi connectivity index (χ1n) is 7.13. The first-order valence-corrected chi connectivity index (χ1v) is 7.51. The van der Waals surface area contributed by atoms with Gasteiger partial charge in [0, 0.05) is 36.9 Å². The summed E-state index contributed by atoms with van der Waals surface area (Å²) in [5, 5.41) is 0.584. The lowest BCUT2D eigenvalue weighted by atomic mass is 10.2. The van der Waals surface area contributed by atoms with Gasteiger partial charge < -0.3 is 9.64 Å². The van der Waals surface area contributed by atoms with E-state index in [9.17, 15) is 4.79 Å². The molecule has 1 aromatic carbocycles. The van der Waals surface area contributed by atoms with E-state index < -0.39 is 6.10 Å². The highest BCUT2D eigenvalue weighted by Gasteiger charge is 2.19. The Balaban J connectivity index is 1.86. The fraction of sp³-hybridized carbons (Fsp3) is 0.294. The van der Waals surface area contributed by atoms with E-state index in [-0.39, 0.29) is 5.91 Å². The molecule has 116 valence electrons. The molecule has 4 nitrogen and oxygen atoms in total. The number of pyridine rings is 1. The van der Waals surface area contributed by atoms with Crippen LogP contribution < -0.4 is 4.74 Å². The van der Waals surface area contributed by atoms with E-state index in [4.69, 9.17) is 16.3 Å². The molecule has 0 aliphatic carbocycles. The maximum absolute atomic E-state index is 12.3. The number of hydrogen-bond donors (Lipinski definition) is 0. The van der Waals surface area contributed by atoms with Gasteiger partial charge in [0.05, 0.1) is 0 Å². The zero-order valence-electron chi connectivity index (χ0n) is 12.7. The molecule has 0 bridgehead atoms. The Hall–Kier alpha value is -2.07. The number of nitrogens with zero attached hydrogens (tertiary/aromatic N) is 2. The normalized spacial score (nSPS) is 11.8. The molecule has 0 aliphatic rings. The van der Waals surface area contributed by atoms with E-state index in [0.29, 0.717) is 23.7 Å². The molecule has 2 rings (SSSR count). The largest absolute Gasteiger partial charge is 0.481 e. The standard InChI is InChI=1S/C17H19ClN2O2/c1-13(22-16-8-5-6-14(18)12-16)17(21)20(2)11-9-15-7-3-4-10-19-15/h3-8,10,12-13H,9,11H2,1-2H3. The average Bonchev–Trinajstić information content (AvgIpc) is 2.53. The Morgan fingerprint density at radius 2 is 2.14 bits per heavy atom. The second-order valence-electron chi connectivity index (χ2n) is 5.05. The molecule has 5 heteroatoms. The number of benzene rings is 1. The summed E-state index contributed by atoms with van der Waals surface area (Å²) in [6.07, 6.45) is 1.90. The van der Waals surface area contributed by atoms with E-state index >= 15 is 0 Å². The van der Waals surface area contributed by atoms with Crippen molar-refractivity contribution in [2.45, 2.75) is 19.4 Å². The second kappa shape index (κ2) is 7.80. The highest BCUT2D eigenvalue weighted by Crippen LogP contribution is 2.18.